The first-order chi connectivity index (χ1) is 8.24. The lowest BCUT2D eigenvalue weighted by atomic mass is 9.98. The lowest BCUT2D eigenvalue weighted by Crippen LogP contribution is -2.01. The minimum atomic E-state index is -0.956. The van der Waals surface area contributed by atoms with Crippen LogP contribution in [0.3, 0.4) is 0 Å². The van der Waals surface area contributed by atoms with Crippen LogP contribution < -0.4 is 4.74 Å². The standard InChI is InChI=1S/C14H12O3/c1-17-12-9-5-8-11(14(15)16)13(12)10-6-3-2-4-7-10/h2-9H,1H3,(H,15,16). The van der Waals surface area contributed by atoms with Crippen molar-refractivity contribution in [2.45, 2.75) is 0 Å². The van der Waals surface area contributed by atoms with E-state index in [2.05, 4.69) is 0 Å². The second-order valence-electron chi connectivity index (χ2n) is 3.55. The van der Waals surface area contributed by atoms with Crippen molar-refractivity contribution in [1.29, 1.82) is 0 Å². The van der Waals surface area contributed by atoms with Gasteiger partial charge in [0.25, 0.3) is 0 Å². The van der Waals surface area contributed by atoms with Crippen molar-refractivity contribution < 1.29 is 14.6 Å². The van der Waals surface area contributed by atoms with E-state index >= 15 is 0 Å². The number of aromatic carboxylic acids is 1. The fourth-order valence-electron chi connectivity index (χ4n) is 1.78. The van der Waals surface area contributed by atoms with Crippen LogP contribution in [0.25, 0.3) is 11.1 Å². The van der Waals surface area contributed by atoms with Crippen molar-refractivity contribution in [1.82, 2.24) is 0 Å². The maximum absolute atomic E-state index is 11.2. The number of carboxylic acid groups (broad SMARTS) is 1. The maximum atomic E-state index is 11.2. The summed E-state index contributed by atoms with van der Waals surface area (Å²) in [5, 5.41) is 9.19. The molecule has 0 amide bonds. The van der Waals surface area contributed by atoms with Gasteiger partial charge in [-0.3, -0.25) is 0 Å². The minimum Gasteiger partial charge on any atom is -0.496 e. The van der Waals surface area contributed by atoms with Crippen LogP contribution in [0.15, 0.2) is 48.5 Å². The van der Waals surface area contributed by atoms with Gasteiger partial charge in [-0.2, -0.15) is 0 Å². The molecule has 2 aromatic carbocycles. The Morgan fingerprint density at radius 1 is 1.06 bits per heavy atom. The third kappa shape index (κ3) is 2.13. The monoisotopic (exact) mass is 228 g/mol. The quantitative estimate of drug-likeness (QED) is 0.878. The van der Waals surface area contributed by atoms with E-state index in [1.165, 1.54) is 7.11 Å². The molecular weight excluding hydrogens is 216 g/mol. The molecule has 0 fully saturated rings. The summed E-state index contributed by atoms with van der Waals surface area (Å²) in [6.45, 7) is 0. The second-order valence-corrected chi connectivity index (χ2v) is 3.55. The number of carboxylic acids is 1. The lowest BCUT2D eigenvalue weighted by molar-refractivity contribution is 0.0697. The number of methoxy groups -OCH3 is 1. The van der Waals surface area contributed by atoms with Crippen LogP contribution in [0.5, 0.6) is 5.75 Å². The normalized spacial score (nSPS) is 9.94. The van der Waals surface area contributed by atoms with Gasteiger partial charge < -0.3 is 9.84 Å². The van der Waals surface area contributed by atoms with Gasteiger partial charge in [0.15, 0.2) is 0 Å². The first kappa shape index (κ1) is 11.2. The molecule has 0 atom stereocenters. The van der Waals surface area contributed by atoms with E-state index in [1.807, 2.05) is 30.3 Å². The summed E-state index contributed by atoms with van der Waals surface area (Å²) in [6, 6.07) is 14.4. The molecule has 0 spiro atoms. The van der Waals surface area contributed by atoms with Crippen molar-refractivity contribution in [3.8, 4) is 16.9 Å². The molecule has 86 valence electrons. The lowest BCUT2D eigenvalue weighted by Gasteiger charge is -2.11. The van der Waals surface area contributed by atoms with Crippen molar-refractivity contribution >= 4 is 5.97 Å². The largest absolute Gasteiger partial charge is 0.496 e. The van der Waals surface area contributed by atoms with Gasteiger partial charge in [0, 0.05) is 5.56 Å². The van der Waals surface area contributed by atoms with E-state index in [0.717, 1.165) is 5.56 Å². The van der Waals surface area contributed by atoms with Gasteiger partial charge in [-0.05, 0) is 17.7 Å². The van der Waals surface area contributed by atoms with Crippen LogP contribution in [0.4, 0.5) is 0 Å². The van der Waals surface area contributed by atoms with Crippen LogP contribution in [0.1, 0.15) is 10.4 Å². The highest BCUT2D eigenvalue weighted by atomic mass is 16.5. The van der Waals surface area contributed by atoms with E-state index < -0.39 is 5.97 Å². The van der Waals surface area contributed by atoms with Crippen LogP contribution in [0, 0.1) is 0 Å². The molecule has 0 aliphatic rings. The average Bonchev–Trinajstić information content (AvgIpc) is 2.38. The van der Waals surface area contributed by atoms with Crippen LogP contribution in [0.2, 0.25) is 0 Å². The smallest absolute Gasteiger partial charge is 0.336 e. The fraction of sp³-hybridized carbons (Fsp3) is 0.0714. The Morgan fingerprint density at radius 3 is 2.35 bits per heavy atom. The van der Waals surface area contributed by atoms with E-state index in [1.54, 1.807) is 18.2 Å². The molecule has 0 aliphatic heterocycles. The van der Waals surface area contributed by atoms with Gasteiger partial charge in [-0.15, -0.1) is 0 Å². The van der Waals surface area contributed by atoms with E-state index in [-0.39, 0.29) is 5.56 Å². The molecule has 2 rings (SSSR count). The molecule has 17 heavy (non-hydrogen) atoms. The number of benzene rings is 2. The number of ether oxygens (including phenoxy) is 1. The van der Waals surface area contributed by atoms with Crippen molar-refractivity contribution in [3.05, 3.63) is 54.1 Å². The van der Waals surface area contributed by atoms with Crippen molar-refractivity contribution in [3.63, 3.8) is 0 Å². The Balaban J connectivity index is 2.69. The van der Waals surface area contributed by atoms with Crippen LogP contribution in [-0.2, 0) is 0 Å². The second kappa shape index (κ2) is 4.70. The topological polar surface area (TPSA) is 46.5 Å². The van der Waals surface area contributed by atoms with Crippen LogP contribution >= 0.6 is 0 Å². The molecule has 0 radical (unpaired) electrons. The molecular formula is C14H12O3. The molecule has 3 heteroatoms. The molecule has 0 aliphatic carbocycles. The van der Waals surface area contributed by atoms with Gasteiger partial charge in [0.2, 0.25) is 0 Å². The third-order valence-electron chi connectivity index (χ3n) is 2.54. The average molecular weight is 228 g/mol. The predicted octanol–water partition coefficient (Wildman–Crippen LogP) is 3.06. The molecule has 0 heterocycles. The Hall–Kier alpha value is -2.29. The van der Waals surface area contributed by atoms with Gasteiger partial charge in [0.1, 0.15) is 5.75 Å². The molecule has 1 N–H and O–H groups in total. The van der Waals surface area contributed by atoms with Crippen LogP contribution in [-0.4, -0.2) is 18.2 Å². The number of hydrogen-bond donors (Lipinski definition) is 1. The minimum absolute atomic E-state index is 0.246. The fourth-order valence-corrected chi connectivity index (χ4v) is 1.78. The molecule has 0 saturated carbocycles. The Kier molecular flexibility index (Phi) is 3.10. The summed E-state index contributed by atoms with van der Waals surface area (Å²) in [4.78, 5) is 11.2. The zero-order chi connectivity index (χ0) is 12.3. The third-order valence-corrected chi connectivity index (χ3v) is 2.54. The Bertz CT molecular complexity index is 532. The first-order valence-electron chi connectivity index (χ1n) is 5.19. The Labute approximate surface area is 99.3 Å². The Morgan fingerprint density at radius 2 is 1.76 bits per heavy atom. The van der Waals surface area contributed by atoms with Crippen molar-refractivity contribution in [2.75, 3.05) is 7.11 Å². The number of rotatable bonds is 3. The SMILES string of the molecule is COc1cccc(C(=O)O)c1-c1ccccc1. The van der Waals surface area contributed by atoms with Crippen molar-refractivity contribution in [2.24, 2.45) is 0 Å². The summed E-state index contributed by atoms with van der Waals surface area (Å²) in [5.41, 5.74) is 1.70. The molecule has 2 aromatic rings. The van der Waals surface area contributed by atoms with Gasteiger partial charge in [-0.1, -0.05) is 36.4 Å². The van der Waals surface area contributed by atoms with E-state index in [4.69, 9.17) is 4.74 Å². The molecule has 0 saturated heterocycles. The van der Waals surface area contributed by atoms with Gasteiger partial charge in [-0.25, -0.2) is 4.79 Å². The van der Waals surface area contributed by atoms with Gasteiger partial charge in [0.05, 0.1) is 12.7 Å². The predicted molar refractivity (Wildman–Crippen MR) is 65.4 cm³/mol. The number of carbonyl (C=O) groups is 1. The summed E-state index contributed by atoms with van der Waals surface area (Å²) in [5.74, 6) is -0.390. The number of hydrogen-bond acceptors (Lipinski definition) is 2. The molecule has 0 unspecified atom stereocenters. The molecule has 3 nitrogen and oxygen atoms in total. The maximum Gasteiger partial charge on any atom is 0.336 e. The summed E-state index contributed by atoms with van der Waals surface area (Å²) < 4.78 is 5.23. The highest BCUT2D eigenvalue weighted by Crippen LogP contribution is 2.33. The first-order valence-corrected chi connectivity index (χ1v) is 5.19. The summed E-state index contributed by atoms with van der Waals surface area (Å²) in [7, 11) is 1.54. The summed E-state index contributed by atoms with van der Waals surface area (Å²) >= 11 is 0. The summed E-state index contributed by atoms with van der Waals surface area (Å²) in [6.07, 6.45) is 0. The zero-order valence-electron chi connectivity index (χ0n) is 9.38. The van der Waals surface area contributed by atoms with E-state index in [0.29, 0.717) is 11.3 Å². The highest BCUT2D eigenvalue weighted by molar-refractivity contribution is 5.97. The highest BCUT2D eigenvalue weighted by Gasteiger charge is 2.15. The molecule has 0 bridgehead atoms. The van der Waals surface area contributed by atoms with Gasteiger partial charge >= 0.3 is 5.97 Å². The zero-order valence-corrected chi connectivity index (χ0v) is 9.38. The van der Waals surface area contributed by atoms with E-state index in [9.17, 15) is 9.90 Å². The molecule has 0 aromatic heterocycles.